The summed E-state index contributed by atoms with van der Waals surface area (Å²) in [6, 6.07) is 13.5. The third-order valence-corrected chi connectivity index (χ3v) is 7.58. The van der Waals surface area contributed by atoms with Crippen LogP contribution in [0, 0.1) is 0 Å². The molecule has 0 saturated carbocycles. The van der Waals surface area contributed by atoms with Crippen LogP contribution in [0.25, 0.3) is 0 Å². The van der Waals surface area contributed by atoms with E-state index in [4.69, 9.17) is 0 Å². The van der Waals surface area contributed by atoms with E-state index in [-0.39, 0.29) is 5.91 Å². The lowest BCUT2D eigenvalue weighted by molar-refractivity contribution is -0.121. The molecule has 1 amide bonds. The summed E-state index contributed by atoms with van der Waals surface area (Å²) < 4.78 is 26.3. The van der Waals surface area contributed by atoms with Crippen LogP contribution in [0.4, 0.5) is 0 Å². The summed E-state index contributed by atoms with van der Waals surface area (Å²) in [5, 5.41) is 4.71. The molecule has 0 saturated heterocycles. The Hall–Kier alpha value is -1.70. The third kappa shape index (κ3) is 5.65. The molecule has 0 aliphatic rings. The van der Waals surface area contributed by atoms with Gasteiger partial charge in [-0.05, 0) is 29.9 Å². The monoisotopic (exact) mass is 394 g/mol. The quantitative estimate of drug-likeness (QED) is 0.671. The van der Waals surface area contributed by atoms with Crippen molar-refractivity contribution in [2.75, 3.05) is 20.1 Å². The molecule has 1 N–H and O–H groups in total. The molecule has 0 fully saturated rings. The summed E-state index contributed by atoms with van der Waals surface area (Å²) in [4.78, 5) is 12.1. The Kier molecular flexibility index (Phi) is 7.81. The van der Waals surface area contributed by atoms with Crippen LogP contribution in [0.15, 0.2) is 52.1 Å². The SMILES string of the molecule is CCC(CNC(=O)CCCN(C)S(=O)(=O)c1cccs1)c1ccccc1. The second kappa shape index (κ2) is 9.85. The largest absolute Gasteiger partial charge is 0.355 e. The zero-order chi connectivity index (χ0) is 19.0. The number of nitrogens with one attached hydrogen (secondary N) is 1. The highest BCUT2D eigenvalue weighted by atomic mass is 32.2. The average molecular weight is 395 g/mol. The van der Waals surface area contributed by atoms with E-state index >= 15 is 0 Å². The van der Waals surface area contributed by atoms with Crippen molar-refractivity contribution in [3.05, 3.63) is 53.4 Å². The average Bonchev–Trinajstić information content (AvgIpc) is 3.18. The van der Waals surface area contributed by atoms with Crippen LogP contribution in [-0.4, -0.2) is 38.8 Å². The Balaban J connectivity index is 1.75. The molecular formula is C19H26N2O3S2. The molecule has 0 spiro atoms. The third-order valence-electron chi connectivity index (χ3n) is 4.35. The number of sulfonamides is 1. The van der Waals surface area contributed by atoms with E-state index in [1.807, 2.05) is 18.2 Å². The predicted molar refractivity (Wildman–Crippen MR) is 106 cm³/mol. The van der Waals surface area contributed by atoms with Crippen LogP contribution in [0.2, 0.25) is 0 Å². The summed E-state index contributed by atoms with van der Waals surface area (Å²) in [5.74, 6) is 0.253. The lowest BCUT2D eigenvalue weighted by Crippen LogP contribution is -2.31. The van der Waals surface area contributed by atoms with Gasteiger partial charge >= 0.3 is 0 Å². The fraction of sp³-hybridized carbons (Fsp3) is 0.421. The molecule has 0 bridgehead atoms. The molecule has 0 aliphatic carbocycles. The zero-order valence-corrected chi connectivity index (χ0v) is 16.9. The number of carbonyl (C=O) groups excluding carboxylic acids is 1. The summed E-state index contributed by atoms with van der Waals surface area (Å²) in [6.07, 6.45) is 1.76. The maximum atomic E-state index is 12.3. The molecule has 1 aromatic heterocycles. The summed E-state index contributed by atoms with van der Waals surface area (Å²) >= 11 is 1.20. The van der Waals surface area contributed by atoms with Gasteiger partial charge in [0.1, 0.15) is 4.21 Å². The topological polar surface area (TPSA) is 66.5 Å². The van der Waals surface area contributed by atoms with Crippen molar-refractivity contribution in [2.24, 2.45) is 0 Å². The number of thiophene rings is 1. The minimum absolute atomic E-state index is 0.0405. The molecule has 26 heavy (non-hydrogen) atoms. The van der Waals surface area contributed by atoms with Gasteiger partial charge in [-0.1, -0.05) is 43.3 Å². The minimum Gasteiger partial charge on any atom is -0.355 e. The summed E-state index contributed by atoms with van der Waals surface area (Å²) in [6.45, 7) is 3.03. The van der Waals surface area contributed by atoms with E-state index in [2.05, 4.69) is 24.4 Å². The van der Waals surface area contributed by atoms with E-state index in [1.165, 1.54) is 21.2 Å². The van der Waals surface area contributed by atoms with Gasteiger partial charge in [-0.3, -0.25) is 4.79 Å². The van der Waals surface area contributed by atoms with Gasteiger partial charge in [0.15, 0.2) is 0 Å². The van der Waals surface area contributed by atoms with Crippen molar-refractivity contribution in [1.29, 1.82) is 0 Å². The molecule has 2 rings (SSSR count). The molecule has 7 heteroatoms. The molecule has 0 radical (unpaired) electrons. The van der Waals surface area contributed by atoms with E-state index in [9.17, 15) is 13.2 Å². The van der Waals surface area contributed by atoms with E-state index in [0.717, 1.165) is 6.42 Å². The van der Waals surface area contributed by atoms with E-state index < -0.39 is 10.0 Å². The van der Waals surface area contributed by atoms with Gasteiger partial charge in [-0.25, -0.2) is 12.7 Å². The number of hydrogen-bond donors (Lipinski definition) is 1. The second-order valence-corrected chi connectivity index (χ2v) is 9.40. The molecule has 1 aromatic carbocycles. The number of amides is 1. The van der Waals surface area contributed by atoms with Gasteiger partial charge in [0.05, 0.1) is 0 Å². The highest BCUT2D eigenvalue weighted by Crippen LogP contribution is 2.20. The van der Waals surface area contributed by atoms with Gasteiger partial charge < -0.3 is 5.32 Å². The maximum Gasteiger partial charge on any atom is 0.252 e. The first-order valence-electron chi connectivity index (χ1n) is 8.76. The smallest absolute Gasteiger partial charge is 0.252 e. The molecule has 1 heterocycles. The Labute approximate surface area is 160 Å². The highest BCUT2D eigenvalue weighted by Gasteiger charge is 2.21. The molecular weight excluding hydrogens is 368 g/mol. The molecule has 5 nitrogen and oxygen atoms in total. The van der Waals surface area contributed by atoms with E-state index in [0.29, 0.717) is 36.1 Å². The van der Waals surface area contributed by atoms with Crippen LogP contribution >= 0.6 is 11.3 Å². The van der Waals surface area contributed by atoms with Crippen LogP contribution in [0.5, 0.6) is 0 Å². The standard InChI is InChI=1S/C19H26N2O3S2/c1-3-16(17-9-5-4-6-10-17)15-20-18(22)11-7-13-21(2)26(23,24)19-12-8-14-25-19/h4-6,8-10,12,14,16H,3,7,11,13,15H2,1-2H3,(H,20,22). The van der Waals surface area contributed by atoms with Gasteiger partial charge in [0.25, 0.3) is 10.0 Å². The number of nitrogens with zero attached hydrogens (tertiary/aromatic N) is 1. The van der Waals surface area contributed by atoms with Crippen molar-refractivity contribution in [3.63, 3.8) is 0 Å². The van der Waals surface area contributed by atoms with Crippen LogP contribution < -0.4 is 5.32 Å². The molecule has 2 aromatic rings. The van der Waals surface area contributed by atoms with Gasteiger partial charge in [-0.2, -0.15) is 0 Å². The Morgan fingerprint density at radius 1 is 1.19 bits per heavy atom. The van der Waals surface area contributed by atoms with Crippen LogP contribution in [0.3, 0.4) is 0 Å². The second-order valence-electron chi connectivity index (χ2n) is 6.18. The molecule has 142 valence electrons. The van der Waals surface area contributed by atoms with Gasteiger partial charge in [-0.15, -0.1) is 11.3 Å². The van der Waals surface area contributed by atoms with Crippen molar-refractivity contribution in [1.82, 2.24) is 9.62 Å². The first-order chi connectivity index (χ1) is 12.4. The molecule has 1 unspecified atom stereocenters. The fourth-order valence-electron chi connectivity index (χ4n) is 2.69. The summed E-state index contributed by atoms with van der Waals surface area (Å²) in [5.41, 5.74) is 1.22. The predicted octanol–water partition coefficient (Wildman–Crippen LogP) is 3.46. The first kappa shape index (κ1) is 20.6. The highest BCUT2D eigenvalue weighted by molar-refractivity contribution is 7.91. The minimum atomic E-state index is -3.44. The Morgan fingerprint density at radius 2 is 1.92 bits per heavy atom. The summed E-state index contributed by atoms with van der Waals surface area (Å²) in [7, 11) is -1.89. The fourth-order valence-corrected chi connectivity index (χ4v) is 5.11. The Morgan fingerprint density at radius 3 is 2.54 bits per heavy atom. The molecule has 1 atom stereocenters. The zero-order valence-electron chi connectivity index (χ0n) is 15.2. The number of benzene rings is 1. The lowest BCUT2D eigenvalue weighted by Gasteiger charge is -2.17. The number of carbonyl (C=O) groups is 1. The van der Waals surface area contributed by atoms with Crippen LogP contribution in [-0.2, 0) is 14.8 Å². The van der Waals surface area contributed by atoms with Gasteiger partial charge in [0.2, 0.25) is 5.91 Å². The Bertz CT molecular complexity index is 774. The number of rotatable bonds is 10. The maximum absolute atomic E-state index is 12.3. The lowest BCUT2D eigenvalue weighted by atomic mass is 9.96. The van der Waals surface area contributed by atoms with Crippen molar-refractivity contribution < 1.29 is 13.2 Å². The van der Waals surface area contributed by atoms with Crippen molar-refractivity contribution in [3.8, 4) is 0 Å². The normalized spacial score (nSPS) is 12.9. The molecule has 0 aliphatic heterocycles. The van der Waals surface area contributed by atoms with E-state index in [1.54, 1.807) is 24.6 Å². The van der Waals surface area contributed by atoms with Crippen molar-refractivity contribution in [2.45, 2.75) is 36.3 Å². The van der Waals surface area contributed by atoms with Crippen molar-refractivity contribution >= 4 is 27.3 Å². The number of hydrogen-bond acceptors (Lipinski definition) is 4. The van der Waals surface area contributed by atoms with Gasteiger partial charge in [0, 0.05) is 32.5 Å². The first-order valence-corrected chi connectivity index (χ1v) is 11.1. The van der Waals surface area contributed by atoms with Crippen LogP contribution in [0.1, 0.15) is 37.7 Å².